The van der Waals surface area contributed by atoms with Gasteiger partial charge in [-0.05, 0) is 30.7 Å². The molecule has 2 N–H and O–H groups in total. The van der Waals surface area contributed by atoms with Gasteiger partial charge in [0.2, 0.25) is 11.7 Å². The average molecular weight is 256 g/mol. The van der Waals surface area contributed by atoms with Gasteiger partial charge >= 0.3 is 6.01 Å². The van der Waals surface area contributed by atoms with E-state index in [1.807, 2.05) is 31.3 Å². The molecule has 0 spiro atoms. The minimum absolute atomic E-state index is 0.105. The summed E-state index contributed by atoms with van der Waals surface area (Å²) in [5.41, 5.74) is 3.06. The zero-order valence-corrected chi connectivity index (χ0v) is 10.5. The Bertz CT molecular complexity index is 757. The lowest BCUT2D eigenvalue weighted by molar-refractivity contribution is -0.114. The van der Waals surface area contributed by atoms with Crippen molar-refractivity contribution >= 4 is 22.8 Å². The van der Waals surface area contributed by atoms with Crippen molar-refractivity contribution in [2.24, 2.45) is 0 Å². The summed E-state index contributed by atoms with van der Waals surface area (Å²) in [6, 6.07) is 5.96. The molecule has 0 aliphatic heterocycles. The molecule has 0 saturated heterocycles. The van der Waals surface area contributed by atoms with E-state index in [0.29, 0.717) is 5.82 Å². The Hall–Kier alpha value is -2.63. The molecule has 2 heterocycles. The van der Waals surface area contributed by atoms with E-state index >= 15 is 0 Å². The second-order valence-corrected chi connectivity index (χ2v) is 4.34. The molecule has 0 atom stereocenters. The Morgan fingerprint density at radius 2 is 2.26 bits per heavy atom. The maximum absolute atomic E-state index is 10.9. The molecule has 19 heavy (non-hydrogen) atoms. The largest absolute Gasteiger partial charge is 0.361 e. The molecule has 0 bridgehead atoms. The van der Waals surface area contributed by atoms with Crippen LogP contribution in [0.25, 0.3) is 22.3 Å². The summed E-state index contributed by atoms with van der Waals surface area (Å²) in [6.45, 7) is 3.42. The molecule has 96 valence electrons. The molecule has 0 fully saturated rings. The number of benzene rings is 1. The summed E-state index contributed by atoms with van der Waals surface area (Å²) < 4.78 is 4.95. The SMILES string of the molecule is CC(=O)Nc1nc(-c2ccc3[nH]cc(C)c3c2)no1. The predicted molar refractivity (Wildman–Crippen MR) is 70.6 cm³/mol. The quantitative estimate of drug-likeness (QED) is 0.737. The van der Waals surface area contributed by atoms with Gasteiger partial charge in [0.15, 0.2) is 0 Å². The van der Waals surface area contributed by atoms with Gasteiger partial charge in [0.25, 0.3) is 0 Å². The third kappa shape index (κ3) is 2.08. The Balaban J connectivity index is 2.01. The number of nitrogens with zero attached hydrogens (tertiary/aromatic N) is 2. The van der Waals surface area contributed by atoms with Gasteiger partial charge in [-0.25, -0.2) is 0 Å². The van der Waals surface area contributed by atoms with Gasteiger partial charge in [0, 0.05) is 29.6 Å². The summed E-state index contributed by atoms with van der Waals surface area (Å²) >= 11 is 0. The van der Waals surface area contributed by atoms with E-state index in [1.165, 1.54) is 6.92 Å². The van der Waals surface area contributed by atoms with Crippen molar-refractivity contribution in [3.63, 3.8) is 0 Å². The highest BCUT2D eigenvalue weighted by atomic mass is 16.5. The molecule has 0 radical (unpaired) electrons. The van der Waals surface area contributed by atoms with Crippen molar-refractivity contribution in [3.05, 3.63) is 30.0 Å². The number of hydrogen-bond donors (Lipinski definition) is 2. The third-order valence-corrected chi connectivity index (χ3v) is 2.86. The zero-order valence-electron chi connectivity index (χ0n) is 10.5. The molecule has 0 unspecified atom stereocenters. The van der Waals surface area contributed by atoms with Crippen LogP contribution >= 0.6 is 0 Å². The fourth-order valence-corrected chi connectivity index (χ4v) is 1.94. The van der Waals surface area contributed by atoms with Crippen LogP contribution < -0.4 is 5.32 Å². The number of aromatic nitrogens is 3. The first-order chi connectivity index (χ1) is 9.13. The predicted octanol–water partition coefficient (Wildman–Crippen LogP) is 2.48. The van der Waals surface area contributed by atoms with Gasteiger partial charge in [-0.3, -0.25) is 10.1 Å². The number of aryl methyl sites for hydroxylation is 1. The molecule has 0 aliphatic rings. The topological polar surface area (TPSA) is 83.8 Å². The van der Waals surface area contributed by atoms with Gasteiger partial charge in [-0.2, -0.15) is 4.98 Å². The van der Waals surface area contributed by atoms with Crippen molar-refractivity contribution in [3.8, 4) is 11.4 Å². The molecule has 3 aromatic rings. The fraction of sp³-hybridized carbons (Fsp3) is 0.154. The second-order valence-electron chi connectivity index (χ2n) is 4.34. The van der Waals surface area contributed by atoms with Gasteiger partial charge in [-0.1, -0.05) is 5.16 Å². The monoisotopic (exact) mass is 256 g/mol. The number of carbonyl (C=O) groups excluding carboxylic acids is 1. The average Bonchev–Trinajstić information content (AvgIpc) is 2.96. The van der Waals surface area contributed by atoms with Gasteiger partial charge in [0.1, 0.15) is 0 Å². The Morgan fingerprint density at radius 1 is 1.42 bits per heavy atom. The van der Waals surface area contributed by atoms with E-state index < -0.39 is 0 Å². The van der Waals surface area contributed by atoms with E-state index in [9.17, 15) is 4.79 Å². The van der Waals surface area contributed by atoms with Crippen molar-refractivity contribution < 1.29 is 9.32 Å². The molecule has 1 amide bonds. The smallest absolute Gasteiger partial charge is 0.328 e. The van der Waals surface area contributed by atoms with E-state index in [2.05, 4.69) is 20.4 Å². The van der Waals surface area contributed by atoms with Gasteiger partial charge < -0.3 is 9.51 Å². The highest BCUT2D eigenvalue weighted by Crippen LogP contribution is 2.24. The van der Waals surface area contributed by atoms with E-state index in [4.69, 9.17) is 4.52 Å². The maximum atomic E-state index is 10.9. The van der Waals surface area contributed by atoms with E-state index in [-0.39, 0.29) is 11.9 Å². The van der Waals surface area contributed by atoms with Crippen LogP contribution in [0.4, 0.5) is 6.01 Å². The minimum Gasteiger partial charge on any atom is -0.361 e. The Kier molecular flexibility index (Phi) is 2.56. The highest BCUT2D eigenvalue weighted by Gasteiger charge is 2.10. The summed E-state index contributed by atoms with van der Waals surface area (Å²) in [5, 5.41) is 7.42. The van der Waals surface area contributed by atoms with Crippen molar-refractivity contribution in [1.29, 1.82) is 0 Å². The minimum atomic E-state index is -0.243. The summed E-state index contributed by atoms with van der Waals surface area (Å²) in [4.78, 5) is 18.2. The van der Waals surface area contributed by atoms with Crippen LogP contribution in [0.2, 0.25) is 0 Å². The number of aromatic amines is 1. The fourth-order valence-electron chi connectivity index (χ4n) is 1.94. The Labute approximate surface area is 108 Å². The normalized spacial score (nSPS) is 10.8. The number of H-pyrrole nitrogens is 1. The number of fused-ring (bicyclic) bond motifs is 1. The van der Waals surface area contributed by atoms with Crippen LogP contribution in [-0.2, 0) is 4.79 Å². The molecule has 2 aromatic heterocycles. The van der Waals surface area contributed by atoms with Crippen LogP contribution in [0.15, 0.2) is 28.9 Å². The number of nitrogens with one attached hydrogen (secondary N) is 2. The third-order valence-electron chi connectivity index (χ3n) is 2.86. The van der Waals surface area contributed by atoms with Crippen LogP contribution in [0.1, 0.15) is 12.5 Å². The summed E-state index contributed by atoms with van der Waals surface area (Å²) in [7, 11) is 0. The highest BCUT2D eigenvalue weighted by molar-refractivity contribution is 5.88. The van der Waals surface area contributed by atoms with Crippen molar-refractivity contribution in [1.82, 2.24) is 15.1 Å². The lowest BCUT2D eigenvalue weighted by Crippen LogP contribution is -2.05. The lowest BCUT2D eigenvalue weighted by atomic mass is 10.1. The Morgan fingerprint density at radius 3 is 3.05 bits per heavy atom. The first-order valence-corrected chi connectivity index (χ1v) is 5.83. The van der Waals surface area contributed by atoms with Crippen LogP contribution in [0, 0.1) is 6.92 Å². The van der Waals surface area contributed by atoms with Gasteiger partial charge in [-0.15, -0.1) is 0 Å². The van der Waals surface area contributed by atoms with Crippen LogP contribution in [0.3, 0.4) is 0 Å². The van der Waals surface area contributed by atoms with E-state index in [1.54, 1.807) is 0 Å². The van der Waals surface area contributed by atoms with Gasteiger partial charge in [0.05, 0.1) is 0 Å². The molecular weight excluding hydrogens is 244 g/mol. The molecule has 6 nitrogen and oxygen atoms in total. The van der Waals surface area contributed by atoms with Crippen LogP contribution in [-0.4, -0.2) is 21.0 Å². The number of rotatable bonds is 2. The summed E-state index contributed by atoms with van der Waals surface area (Å²) in [6.07, 6.45) is 1.95. The molecule has 3 rings (SSSR count). The van der Waals surface area contributed by atoms with Crippen molar-refractivity contribution in [2.45, 2.75) is 13.8 Å². The molecule has 1 aromatic carbocycles. The number of anilines is 1. The maximum Gasteiger partial charge on any atom is 0.328 e. The number of amides is 1. The molecule has 6 heteroatoms. The van der Waals surface area contributed by atoms with Crippen molar-refractivity contribution in [2.75, 3.05) is 5.32 Å². The lowest BCUT2D eigenvalue weighted by Gasteiger charge is -1.96. The first-order valence-electron chi connectivity index (χ1n) is 5.83. The number of carbonyl (C=O) groups is 1. The molecule has 0 saturated carbocycles. The summed E-state index contributed by atoms with van der Waals surface area (Å²) in [5.74, 6) is 0.207. The number of hydrogen-bond acceptors (Lipinski definition) is 4. The zero-order chi connectivity index (χ0) is 13.4. The first kappa shape index (κ1) is 11.5. The molecule has 0 aliphatic carbocycles. The molecular formula is C13H12N4O2. The van der Waals surface area contributed by atoms with Crippen LogP contribution in [0.5, 0.6) is 0 Å². The standard InChI is InChI=1S/C13H12N4O2/c1-7-6-14-11-4-3-9(5-10(7)11)12-16-13(19-17-12)15-8(2)18/h3-6,14H,1-2H3,(H,15,16,17,18). The second kappa shape index (κ2) is 4.24. The van der Waals surface area contributed by atoms with E-state index in [0.717, 1.165) is 22.0 Å².